The van der Waals surface area contributed by atoms with Crippen LogP contribution in [0.4, 0.5) is 0 Å². The number of aryl methyl sites for hydroxylation is 2. The quantitative estimate of drug-likeness (QED) is 0.375. The van der Waals surface area contributed by atoms with Gasteiger partial charge in [-0.1, -0.05) is 24.3 Å². The lowest BCUT2D eigenvalue weighted by atomic mass is 9.94. The van der Waals surface area contributed by atoms with E-state index in [1.54, 1.807) is 43.5 Å². The molecule has 1 atom stereocenters. The summed E-state index contributed by atoms with van der Waals surface area (Å²) in [4.78, 5) is 27.5. The van der Waals surface area contributed by atoms with Crippen LogP contribution in [0.25, 0.3) is 5.76 Å². The highest BCUT2D eigenvalue weighted by Crippen LogP contribution is 2.41. The van der Waals surface area contributed by atoms with Gasteiger partial charge >= 0.3 is 0 Å². The number of likely N-dealkylation sites (tertiary alicyclic amines) is 1. The van der Waals surface area contributed by atoms with Crippen molar-refractivity contribution in [2.45, 2.75) is 26.4 Å². The van der Waals surface area contributed by atoms with Gasteiger partial charge in [-0.25, -0.2) is 0 Å². The van der Waals surface area contributed by atoms with Crippen LogP contribution < -0.4 is 4.74 Å². The molecule has 0 saturated carbocycles. The average Bonchev–Trinajstić information content (AvgIpc) is 3.37. The van der Waals surface area contributed by atoms with Crippen LogP contribution in [-0.2, 0) is 16.1 Å². The van der Waals surface area contributed by atoms with E-state index < -0.39 is 17.7 Å². The summed E-state index contributed by atoms with van der Waals surface area (Å²) in [6.45, 7) is 4.00. The molecular formula is C25H23NO5. The number of aliphatic hydroxyl groups is 1. The van der Waals surface area contributed by atoms with Gasteiger partial charge in [-0.15, -0.1) is 0 Å². The number of ketones is 1. The van der Waals surface area contributed by atoms with Crippen LogP contribution in [0.15, 0.2) is 70.9 Å². The first-order valence-electron chi connectivity index (χ1n) is 9.93. The fourth-order valence-corrected chi connectivity index (χ4v) is 3.82. The van der Waals surface area contributed by atoms with Gasteiger partial charge in [0.05, 0.1) is 31.5 Å². The highest BCUT2D eigenvalue weighted by Gasteiger charge is 2.46. The molecule has 1 aromatic heterocycles. The third-order valence-corrected chi connectivity index (χ3v) is 5.64. The number of ether oxygens (including phenoxy) is 1. The van der Waals surface area contributed by atoms with Crippen LogP contribution in [0, 0.1) is 13.8 Å². The molecular weight excluding hydrogens is 394 g/mol. The first-order chi connectivity index (χ1) is 14.9. The van der Waals surface area contributed by atoms with Gasteiger partial charge in [0.25, 0.3) is 11.7 Å². The Balaban J connectivity index is 1.89. The fourth-order valence-electron chi connectivity index (χ4n) is 3.82. The Morgan fingerprint density at radius 1 is 1.06 bits per heavy atom. The SMILES string of the molecule is COc1cccc(C2/C(=C(/O)c3ccc(C)c(C)c3)C(=O)C(=O)N2Cc2ccco2)c1. The summed E-state index contributed by atoms with van der Waals surface area (Å²) in [5.74, 6) is -0.478. The molecule has 0 bridgehead atoms. The van der Waals surface area contributed by atoms with Crippen molar-refractivity contribution in [1.82, 2.24) is 4.90 Å². The van der Waals surface area contributed by atoms with E-state index in [-0.39, 0.29) is 17.9 Å². The first-order valence-corrected chi connectivity index (χ1v) is 9.93. The predicted octanol–water partition coefficient (Wildman–Crippen LogP) is 4.53. The summed E-state index contributed by atoms with van der Waals surface area (Å²) >= 11 is 0. The lowest BCUT2D eigenvalue weighted by Gasteiger charge is -2.25. The molecule has 1 unspecified atom stereocenters. The van der Waals surface area contributed by atoms with Crippen LogP contribution >= 0.6 is 0 Å². The van der Waals surface area contributed by atoms with E-state index in [0.29, 0.717) is 22.6 Å². The topological polar surface area (TPSA) is 80.0 Å². The zero-order chi connectivity index (χ0) is 22.1. The number of aliphatic hydroxyl groups excluding tert-OH is 1. The molecule has 1 N–H and O–H groups in total. The van der Waals surface area contributed by atoms with Crippen LogP contribution in [0.1, 0.15) is 34.1 Å². The average molecular weight is 417 g/mol. The van der Waals surface area contributed by atoms with Gasteiger partial charge in [0.2, 0.25) is 0 Å². The summed E-state index contributed by atoms with van der Waals surface area (Å²) in [6.07, 6.45) is 1.52. The van der Waals surface area contributed by atoms with Crippen molar-refractivity contribution in [3.05, 3.63) is 94.4 Å². The Hall–Kier alpha value is -3.80. The molecule has 6 nitrogen and oxygen atoms in total. The molecule has 1 amide bonds. The summed E-state index contributed by atoms with van der Waals surface area (Å²) in [6, 6.07) is 15.3. The number of benzene rings is 2. The minimum Gasteiger partial charge on any atom is -0.507 e. The second-order valence-corrected chi connectivity index (χ2v) is 7.58. The Morgan fingerprint density at radius 3 is 2.55 bits per heavy atom. The normalized spacial score (nSPS) is 17.9. The van der Waals surface area contributed by atoms with E-state index in [2.05, 4.69) is 0 Å². The Kier molecular flexibility index (Phi) is 5.38. The third kappa shape index (κ3) is 3.72. The fraction of sp³-hybridized carbons (Fsp3) is 0.200. The highest BCUT2D eigenvalue weighted by molar-refractivity contribution is 6.46. The maximum Gasteiger partial charge on any atom is 0.296 e. The zero-order valence-electron chi connectivity index (χ0n) is 17.6. The maximum atomic E-state index is 13.1. The van der Waals surface area contributed by atoms with E-state index in [0.717, 1.165) is 11.1 Å². The van der Waals surface area contributed by atoms with Crippen molar-refractivity contribution < 1.29 is 23.8 Å². The number of carbonyl (C=O) groups is 2. The van der Waals surface area contributed by atoms with Crippen molar-refractivity contribution in [2.24, 2.45) is 0 Å². The molecule has 1 aliphatic heterocycles. The van der Waals surface area contributed by atoms with Crippen molar-refractivity contribution in [3.63, 3.8) is 0 Å². The lowest BCUT2D eigenvalue weighted by Crippen LogP contribution is -2.29. The number of hydrogen-bond acceptors (Lipinski definition) is 5. The molecule has 2 aromatic carbocycles. The molecule has 4 rings (SSSR count). The van der Waals surface area contributed by atoms with Crippen LogP contribution in [-0.4, -0.2) is 28.8 Å². The minimum atomic E-state index is -0.776. The van der Waals surface area contributed by atoms with Gasteiger partial charge in [0.1, 0.15) is 17.3 Å². The van der Waals surface area contributed by atoms with Crippen molar-refractivity contribution in [1.29, 1.82) is 0 Å². The number of carbonyl (C=O) groups excluding carboxylic acids is 2. The number of hydrogen-bond donors (Lipinski definition) is 1. The van der Waals surface area contributed by atoms with Gasteiger partial charge in [-0.3, -0.25) is 9.59 Å². The Labute approximate surface area is 180 Å². The predicted molar refractivity (Wildman–Crippen MR) is 115 cm³/mol. The molecule has 1 aliphatic rings. The third-order valence-electron chi connectivity index (χ3n) is 5.64. The molecule has 3 aromatic rings. The molecule has 0 radical (unpaired) electrons. The molecule has 31 heavy (non-hydrogen) atoms. The van der Waals surface area contributed by atoms with E-state index >= 15 is 0 Å². The van der Waals surface area contributed by atoms with E-state index in [4.69, 9.17) is 9.15 Å². The molecule has 1 saturated heterocycles. The summed E-state index contributed by atoms with van der Waals surface area (Å²) in [7, 11) is 1.55. The van der Waals surface area contributed by atoms with Gasteiger partial charge in [0, 0.05) is 5.56 Å². The van der Waals surface area contributed by atoms with E-state index in [1.165, 1.54) is 11.2 Å². The van der Waals surface area contributed by atoms with E-state index in [1.807, 2.05) is 32.0 Å². The van der Waals surface area contributed by atoms with Gasteiger partial charge < -0.3 is 19.2 Å². The summed E-state index contributed by atoms with van der Waals surface area (Å²) in [5, 5.41) is 11.2. The molecule has 0 spiro atoms. The largest absolute Gasteiger partial charge is 0.507 e. The van der Waals surface area contributed by atoms with Crippen LogP contribution in [0.2, 0.25) is 0 Å². The maximum absolute atomic E-state index is 13.1. The second-order valence-electron chi connectivity index (χ2n) is 7.58. The van der Waals surface area contributed by atoms with Crippen molar-refractivity contribution in [2.75, 3.05) is 7.11 Å². The molecule has 2 heterocycles. The highest BCUT2D eigenvalue weighted by atomic mass is 16.5. The van der Waals surface area contributed by atoms with Gasteiger partial charge in [0.15, 0.2) is 0 Å². The standard InChI is InChI=1S/C25H23NO5/c1-15-9-10-18(12-16(15)2)23(27)21-22(17-6-4-7-19(13-17)30-3)26(25(29)24(21)28)14-20-8-5-11-31-20/h4-13,22,27H,14H2,1-3H3/b23-21-. The second kappa shape index (κ2) is 8.14. The molecule has 0 aliphatic carbocycles. The van der Waals surface area contributed by atoms with Gasteiger partial charge in [-0.2, -0.15) is 0 Å². The van der Waals surface area contributed by atoms with E-state index in [9.17, 15) is 14.7 Å². The minimum absolute atomic E-state index is 0.0491. The summed E-state index contributed by atoms with van der Waals surface area (Å²) in [5.41, 5.74) is 3.25. The van der Waals surface area contributed by atoms with Crippen molar-refractivity contribution in [3.8, 4) is 5.75 Å². The smallest absolute Gasteiger partial charge is 0.296 e. The Morgan fingerprint density at radius 2 is 1.87 bits per heavy atom. The number of methoxy groups -OCH3 is 1. The number of Topliss-reactive ketones (excluding diaryl/α,β-unsaturated/α-hetero) is 1. The molecule has 1 fully saturated rings. The molecule has 158 valence electrons. The number of rotatable bonds is 5. The Bertz CT molecular complexity index is 1180. The summed E-state index contributed by atoms with van der Waals surface area (Å²) < 4.78 is 10.7. The number of nitrogens with zero attached hydrogens (tertiary/aromatic N) is 1. The number of furan rings is 1. The van der Waals surface area contributed by atoms with Crippen molar-refractivity contribution >= 4 is 17.4 Å². The first kappa shape index (κ1) is 20.5. The lowest BCUT2D eigenvalue weighted by molar-refractivity contribution is -0.140. The molecule has 6 heteroatoms. The zero-order valence-corrected chi connectivity index (χ0v) is 17.6. The number of amides is 1. The van der Waals surface area contributed by atoms with Crippen LogP contribution in [0.5, 0.6) is 5.75 Å². The monoisotopic (exact) mass is 417 g/mol. The van der Waals surface area contributed by atoms with Gasteiger partial charge in [-0.05, 0) is 60.9 Å². The van der Waals surface area contributed by atoms with Crippen LogP contribution in [0.3, 0.4) is 0 Å².